The summed E-state index contributed by atoms with van der Waals surface area (Å²) in [7, 11) is -3.61. The van der Waals surface area contributed by atoms with Gasteiger partial charge < -0.3 is 9.73 Å². The van der Waals surface area contributed by atoms with Crippen molar-refractivity contribution in [3.63, 3.8) is 0 Å². The largest absolute Gasteiger partial charge is 0.455 e. The average Bonchev–Trinajstić information content (AvgIpc) is 3.02. The molecule has 1 aromatic heterocycles. The van der Waals surface area contributed by atoms with E-state index in [0.717, 1.165) is 24.8 Å². The minimum absolute atomic E-state index is 0.0000111. The van der Waals surface area contributed by atoms with E-state index in [2.05, 4.69) is 5.32 Å². The summed E-state index contributed by atoms with van der Waals surface area (Å²) in [5, 5.41) is 3.58. The lowest BCUT2D eigenvalue weighted by atomic mass is 10.1. The van der Waals surface area contributed by atoms with Gasteiger partial charge in [-0.25, -0.2) is 8.42 Å². The van der Waals surface area contributed by atoms with E-state index in [0.29, 0.717) is 18.1 Å². The number of hydrogen-bond donors (Lipinski definition) is 1. The molecule has 6 nitrogen and oxygen atoms in total. The predicted octanol–water partition coefficient (Wildman–Crippen LogP) is 3.31. The number of amides is 1. The lowest BCUT2D eigenvalue weighted by Crippen LogP contribution is -2.28. The number of hydrogen-bond acceptors (Lipinski definition) is 4. The third kappa shape index (κ3) is 3.63. The second-order valence-corrected chi connectivity index (χ2v) is 9.46. The standard InChI is InChI=1S/C19H21ClN2O4S/c1-12-18(27(24,25)22-7-2-3-8-22)11-17(26-12)19(23)21-16-10-15(16)13-5-4-6-14(20)9-13/h4-6,9,11,15-16H,2-3,7-8,10H2,1H3,(H,21,23)/t15-,16+/m1/s1. The monoisotopic (exact) mass is 408 g/mol. The van der Waals surface area contributed by atoms with Gasteiger partial charge in [0.1, 0.15) is 10.7 Å². The van der Waals surface area contributed by atoms with Crippen LogP contribution in [0, 0.1) is 6.92 Å². The topological polar surface area (TPSA) is 79.6 Å². The normalized spacial score (nSPS) is 22.7. The molecule has 2 atom stereocenters. The molecule has 0 radical (unpaired) electrons. The fourth-order valence-corrected chi connectivity index (χ4v) is 5.48. The zero-order chi connectivity index (χ0) is 19.2. The summed E-state index contributed by atoms with van der Waals surface area (Å²) in [4.78, 5) is 12.6. The summed E-state index contributed by atoms with van der Waals surface area (Å²) in [5.41, 5.74) is 1.08. The van der Waals surface area contributed by atoms with Gasteiger partial charge in [-0.1, -0.05) is 23.7 Å². The van der Waals surface area contributed by atoms with E-state index in [4.69, 9.17) is 16.0 Å². The molecule has 8 heteroatoms. The van der Waals surface area contributed by atoms with E-state index in [1.54, 1.807) is 6.92 Å². The van der Waals surface area contributed by atoms with Gasteiger partial charge in [-0.05, 0) is 43.9 Å². The van der Waals surface area contributed by atoms with Crippen LogP contribution in [0.1, 0.15) is 47.1 Å². The lowest BCUT2D eigenvalue weighted by molar-refractivity contribution is 0.0921. The van der Waals surface area contributed by atoms with Gasteiger partial charge in [-0.15, -0.1) is 0 Å². The smallest absolute Gasteiger partial charge is 0.287 e. The van der Waals surface area contributed by atoms with Crippen LogP contribution < -0.4 is 5.32 Å². The van der Waals surface area contributed by atoms with Gasteiger partial charge >= 0.3 is 0 Å². The quantitative estimate of drug-likeness (QED) is 0.823. The maximum atomic E-state index is 12.7. The van der Waals surface area contributed by atoms with Crippen molar-refractivity contribution in [2.75, 3.05) is 13.1 Å². The zero-order valence-electron chi connectivity index (χ0n) is 14.9. The van der Waals surface area contributed by atoms with Gasteiger partial charge in [-0.2, -0.15) is 4.31 Å². The lowest BCUT2D eigenvalue weighted by Gasteiger charge is -2.14. The van der Waals surface area contributed by atoms with Crippen molar-refractivity contribution in [2.24, 2.45) is 0 Å². The molecule has 27 heavy (non-hydrogen) atoms. The Bertz CT molecular complexity index is 979. The number of nitrogens with zero attached hydrogens (tertiary/aromatic N) is 1. The highest BCUT2D eigenvalue weighted by Crippen LogP contribution is 2.41. The highest BCUT2D eigenvalue weighted by Gasteiger charge is 2.40. The number of rotatable bonds is 5. The van der Waals surface area contributed by atoms with Crippen LogP contribution in [0.25, 0.3) is 0 Å². The number of nitrogens with one attached hydrogen (secondary N) is 1. The first-order valence-electron chi connectivity index (χ1n) is 9.03. The Kier molecular flexibility index (Phi) is 4.78. The minimum Gasteiger partial charge on any atom is -0.455 e. The highest BCUT2D eigenvalue weighted by atomic mass is 35.5. The molecule has 1 aromatic carbocycles. The van der Waals surface area contributed by atoms with Crippen molar-refractivity contribution in [2.45, 2.75) is 43.0 Å². The van der Waals surface area contributed by atoms with Crippen LogP contribution in [0.4, 0.5) is 0 Å². The van der Waals surface area contributed by atoms with Gasteiger partial charge in [-0.3, -0.25) is 4.79 Å². The van der Waals surface area contributed by atoms with E-state index < -0.39 is 15.9 Å². The third-order valence-electron chi connectivity index (χ3n) is 5.16. The van der Waals surface area contributed by atoms with Crippen LogP contribution in [0.5, 0.6) is 0 Å². The van der Waals surface area contributed by atoms with Crippen molar-refractivity contribution in [3.05, 3.63) is 52.4 Å². The maximum Gasteiger partial charge on any atom is 0.287 e. The van der Waals surface area contributed by atoms with Crippen molar-refractivity contribution < 1.29 is 17.6 Å². The molecule has 0 bridgehead atoms. The molecule has 0 unspecified atom stereocenters. The number of aryl methyl sites for hydroxylation is 1. The molecule has 144 valence electrons. The van der Waals surface area contributed by atoms with Crippen molar-refractivity contribution in [1.82, 2.24) is 9.62 Å². The molecular weight excluding hydrogens is 388 g/mol. The first-order chi connectivity index (χ1) is 12.9. The molecule has 1 N–H and O–H groups in total. The molecular formula is C19H21ClN2O4S. The van der Waals surface area contributed by atoms with E-state index in [1.165, 1.54) is 10.4 Å². The number of carbonyl (C=O) groups excluding carboxylic acids is 1. The van der Waals surface area contributed by atoms with Gasteiger partial charge in [0.2, 0.25) is 10.0 Å². The summed E-state index contributed by atoms with van der Waals surface area (Å²) >= 11 is 6.02. The van der Waals surface area contributed by atoms with Crippen LogP contribution in [0.3, 0.4) is 0 Å². The van der Waals surface area contributed by atoms with Gasteiger partial charge in [0.25, 0.3) is 5.91 Å². The summed E-state index contributed by atoms with van der Waals surface area (Å²) in [6.07, 6.45) is 2.54. The molecule has 2 aromatic rings. The van der Waals surface area contributed by atoms with E-state index in [-0.39, 0.29) is 28.4 Å². The number of benzene rings is 1. The number of furan rings is 1. The minimum atomic E-state index is -3.61. The average molecular weight is 409 g/mol. The van der Waals surface area contributed by atoms with Crippen LogP contribution in [-0.4, -0.2) is 37.8 Å². The van der Waals surface area contributed by atoms with Gasteiger partial charge in [0.15, 0.2) is 5.76 Å². The highest BCUT2D eigenvalue weighted by molar-refractivity contribution is 7.89. The summed E-state index contributed by atoms with van der Waals surface area (Å²) in [5.74, 6) is 0.100. The Hall–Kier alpha value is -1.83. The van der Waals surface area contributed by atoms with E-state index in [9.17, 15) is 13.2 Å². The summed E-state index contributed by atoms with van der Waals surface area (Å²) < 4.78 is 32.4. The Morgan fingerprint density at radius 2 is 2.00 bits per heavy atom. The number of sulfonamides is 1. The predicted molar refractivity (Wildman–Crippen MR) is 102 cm³/mol. The molecule has 4 rings (SSSR count). The van der Waals surface area contributed by atoms with Crippen molar-refractivity contribution in [1.29, 1.82) is 0 Å². The Labute approximate surface area is 163 Å². The van der Waals surface area contributed by atoms with Crippen molar-refractivity contribution >= 4 is 27.5 Å². The Balaban J connectivity index is 1.46. The van der Waals surface area contributed by atoms with E-state index >= 15 is 0 Å². The third-order valence-corrected chi connectivity index (χ3v) is 7.40. The van der Waals surface area contributed by atoms with Gasteiger partial charge in [0.05, 0.1) is 0 Å². The van der Waals surface area contributed by atoms with Crippen molar-refractivity contribution in [3.8, 4) is 0 Å². The van der Waals surface area contributed by atoms with Crippen LogP contribution in [0.2, 0.25) is 5.02 Å². The number of carbonyl (C=O) groups is 1. The second kappa shape index (κ2) is 6.96. The Morgan fingerprint density at radius 1 is 1.26 bits per heavy atom. The molecule has 2 aliphatic rings. The molecule has 1 aliphatic carbocycles. The molecule has 1 aliphatic heterocycles. The molecule has 1 amide bonds. The molecule has 2 fully saturated rings. The molecule has 0 spiro atoms. The first-order valence-corrected chi connectivity index (χ1v) is 10.8. The summed E-state index contributed by atoms with van der Waals surface area (Å²) in [6.45, 7) is 2.60. The fourth-order valence-electron chi connectivity index (χ4n) is 3.60. The Morgan fingerprint density at radius 3 is 2.70 bits per heavy atom. The van der Waals surface area contributed by atoms with Gasteiger partial charge in [0, 0.05) is 36.1 Å². The maximum absolute atomic E-state index is 12.7. The SMILES string of the molecule is Cc1oc(C(=O)N[C@H]2C[C@@H]2c2cccc(Cl)c2)cc1S(=O)(=O)N1CCCC1. The second-order valence-electron chi connectivity index (χ2n) is 7.12. The zero-order valence-corrected chi connectivity index (χ0v) is 16.5. The van der Waals surface area contributed by atoms with Crippen LogP contribution >= 0.6 is 11.6 Å². The fraction of sp³-hybridized carbons (Fsp3) is 0.421. The molecule has 1 saturated heterocycles. The van der Waals surface area contributed by atoms with E-state index in [1.807, 2.05) is 24.3 Å². The van der Waals surface area contributed by atoms with Crippen LogP contribution in [-0.2, 0) is 10.0 Å². The first kappa shape index (κ1) is 18.5. The molecule has 2 heterocycles. The molecule has 1 saturated carbocycles. The summed E-state index contributed by atoms with van der Waals surface area (Å²) in [6, 6.07) is 8.93. The van der Waals surface area contributed by atoms with Crippen LogP contribution in [0.15, 0.2) is 39.6 Å². The number of halogens is 1.